The quantitative estimate of drug-likeness (QED) is 0.487. The van der Waals surface area contributed by atoms with Gasteiger partial charge in [-0.2, -0.15) is 13.2 Å². The molecule has 1 aromatic rings. The first-order valence-corrected chi connectivity index (χ1v) is 10.5. The van der Waals surface area contributed by atoms with Crippen LogP contribution in [0.3, 0.4) is 0 Å². The number of carbonyl (C=O) groups excluding carboxylic acids is 3. The highest BCUT2D eigenvalue weighted by Crippen LogP contribution is 2.60. The first kappa shape index (κ1) is 19.9. The van der Waals surface area contributed by atoms with E-state index in [4.69, 9.17) is 0 Å². The van der Waals surface area contributed by atoms with Crippen molar-refractivity contribution >= 4 is 55.3 Å². The number of carbonyl (C=O) groups is 3. The van der Waals surface area contributed by atoms with Crippen LogP contribution in [0, 0.1) is 23.7 Å². The Bertz CT molecular complexity index is 831. The highest BCUT2D eigenvalue weighted by atomic mass is 79.9. The van der Waals surface area contributed by atoms with E-state index in [2.05, 4.69) is 37.2 Å². The summed E-state index contributed by atoms with van der Waals surface area (Å²) in [6.45, 7) is -0.500. The third-order valence-corrected chi connectivity index (χ3v) is 9.06. The summed E-state index contributed by atoms with van der Waals surface area (Å²) in [5, 5.41) is 2.34. The largest absolute Gasteiger partial charge is 0.416 e. The topological polar surface area (TPSA) is 66.5 Å². The Hall–Kier alpha value is -1.42. The minimum Gasteiger partial charge on any atom is -0.325 e. The van der Waals surface area contributed by atoms with Gasteiger partial charge in [0, 0.05) is 15.3 Å². The number of rotatable bonds is 3. The minimum atomic E-state index is -4.53. The minimum absolute atomic E-state index is 0.0346. The second-order valence-electron chi connectivity index (χ2n) is 7.39. The molecule has 150 valence electrons. The van der Waals surface area contributed by atoms with Crippen molar-refractivity contribution in [1.29, 1.82) is 0 Å². The zero-order valence-electron chi connectivity index (χ0n) is 14.2. The van der Waals surface area contributed by atoms with E-state index in [0.29, 0.717) is 0 Å². The molecule has 4 rings (SSSR count). The number of hydrogen-bond donors (Lipinski definition) is 1. The van der Waals surface area contributed by atoms with Gasteiger partial charge in [0.05, 0.1) is 17.4 Å². The summed E-state index contributed by atoms with van der Waals surface area (Å²) >= 11 is 7.16. The van der Waals surface area contributed by atoms with Gasteiger partial charge < -0.3 is 5.32 Å². The molecule has 1 saturated heterocycles. The van der Waals surface area contributed by atoms with E-state index in [1.54, 1.807) is 0 Å². The van der Waals surface area contributed by atoms with Gasteiger partial charge in [0.2, 0.25) is 17.7 Å². The molecule has 6 atom stereocenters. The predicted molar refractivity (Wildman–Crippen MR) is 101 cm³/mol. The Morgan fingerprint density at radius 2 is 1.68 bits per heavy atom. The highest BCUT2D eigenvalue weighted by molar-refractivity contribution is 9.12. The fourth-order valence-electron chi connectivity index (χ4n) is 4.68. The number of hydrogen-bond acceptors (Lipinski definition) is 3. The van der Waals surface area contributed by atoms with Crippen molar-refractivity contribution in [2.24, 2.45) is 23.7 Å². The second kappa shape index (κ2) is 6.83. The average molecular weight is 524 g/mol. The molecule has 2 aliphatic carbocycles. The van der Waals surface area contributed by atoms with Gasteiger partial charge in [-0.05, 0) is 36.5 Å². The Balaban J connectivity index is 1.46. The van der Waals surface area contributed by atoms with Crippen molar-refractivity contribution in [3.05, 3.63) is 29.8 Å². The maximum absolute atomic E-state index is 12.8. The molecule has 0 spiro atoms. The van der Waals surface area contributed by atoms with Crippen LogP contribution in [0.4, 0.5) is 18.9 Å². The molecule has 3 aliphatic rings. The van der Waals surface area contributed by atoms with Crippen LogP contribution in [0.25, 0.3) is 0 Å². The molecular weight excluding hydrogens is 509 g/mol. The average Bonchev–Trinajstić information content (AvgIpc) is 3.22. The Morgan fingerprint density at radius 1 is 1.11 bits per heavy atom. The fourth-order valence-corrected chi connectivity index (χ4v) is 6.56. The van der Waals surface area contributed by atoms with Crippen LogP contribution in [-0.2, 0) is 20.6 Å². The standard InChI is InChI=1S/C18H15Br2F3N2O3/c19-14-9-5-10(15(14)20)13-12(9)16(27)25(17(13)28)6-11(26)24-8-3-1-2-7(4-8)18(21,22)23/h1-4,9-10,12-15H,5-6H2,(H,24,26)/t9-,10-,12-,13-,14-,15+/m0/s1. The molecule has 5 nitrogen and oxygen atoms in total. The second-order valence-corrected chi connectivity index (χ2v) is 9.51. The fraction of sp³-hybridized carbons (Fsp3) is 0.500. The first-order valence-electron chi connectivity index (χ1n) is 8.70. The van der Waals surface area contributed by atoms with E-state index < -0.39 is 36.0 Å². The lowest BCUT2D eigenvalue weighted by molar-refractivity contribution is -0.143. The number of amides is 3. The molecule has 10 heteroatoms. The summed E-state index contributed by atoms with van der Waals surface area (Å²) in [6.07, 6.45) is -3.75. The van der Waals surface area contributed by atoms with Crippen molar-refractivity contribution in [2.75, 3.05) is 11.9 Å². The van der Waals surface area contributed by atoms with Crippen LogP contribution in [-0.4, -0.2) is 38.8 Å². The molecule has 3 amide bonds. The number of alkyl halides is 5. The van der Waals surface area contributed by atoms with Gasteiger partial charge in [-0.3, -0.25) is 19.3 Å². The molecule has 1 N–H and O–H groups in total. The highest BCUT2D eigenvalue weighted by Gasteiger charge is 2.66. The van der Waals surface area contributed by atoms with E-state index in [1.807, 2.05) is 0 Å². The normalized spacial score (nSPS) is 34.1. The SMILES string of the molecule is O=C(CN1C(=O)[C@H]2[C@@H]3C[C@H]([C@@H](Br)[C@H]3Br)[C@@H]2C1=O)Nc1cccc(C(F)(F)F)c1. The lowest BCUT2D eigenvalue weighted by Gasteiger charge is -2.28. The molecule has 1 heterocycles. The molecule has 1 aromatic carbocycles. The van der Waals surface area contributed by atoms with Crippen LogP contribution < -0.4 is 5.32 Å². The molecule has 1 aliphatic heterocycles. The van der Waals surface area contributed by atoms with Gasteiger partial charge in [0.1, 0.15) is 6.54 Å². The summed E-state index contributed by atoms with van der Waals surface area (Å²) in [6, 6.07) is 4.21. The smallest absolute Gasteiger partial charge is 0.325 e. The van der Waals surface area contributed by atoms with Crippen LogP contribution in [0.1, 0.15) is 12.0 Å². The van der Waals surface area contributed by atoms with Gasteiger partial charge in [-0.25, -0.2) is 0 Å². The van der Waals surface area contributed by atoms with Gasteiger partial charge in [-0.1, -0.05) is 37.9 Å². The van der Waals surface area contributed by atoms with Crippen molar-refractivity contribution in [3.63, 3.8) is 0 Å². The number of imide groups is 1. The number of halogens is 5. The monoisotopic (exact) mass is 522 g/mol. The third-order valence-electron chi connectivity index (χ3n) is 5.85. The number of nitrogens with zero attached hydrogens (tertiary/aromatic N) is 1. The molecule has 3 fully saturated rings. The molecule has 0 radical (unpaired) electrons. The number of anilines is 1. The third kappa shape index (κ3) is 3.08. The van der Waals surface area contributed by atoms with Gasteiger partial charge in [-0.15, -0.1) is 0 Å². The maximum atomic E-state index is 12.8. The van der Waals surface area contributed by atoms with Gasteiger partial charge >= 0.3 is 6.18 Å². The molecule has 28 heavy (non-hydrogen) atoms. The maximum Gasteiger partial charge on any atom is 0.416 e. The molecule has 2 saturated carbocycles. The number of benzene rings is 1. The number of likely N-dealkylation sites (tertiary alicyclic amines) is 1. The Morgan fingerprint density at radius 3 is 2.21 bits per heavy atom. The molecular formula is C18H15Br2F3N2O3. The number of nitrogens with one attached hydrogen (secondary N) is 1. The molecule has 0 unspecified atom stereocenters. The summed E-state index contributed by atoms with van der Waals surface area (Å²) in [7, 11) is 0. The first-order chi connectivity index (χ1) is 13.1. The van der Waals surface area contributed by atoms with Crippen molar-refractivity contribution in [1.82, 2.24) is 4.90 Å². The summed E-state index contributed by atoms with van der Waals surface area (Å²) in [5.74, 6) is -2.25. The summed E-state index contributed by atoms with van der Waals surface area (Å²) in [4.78, 5) is 38.9. The van der Waals surface area contributed by atoms with E-state index >= 15 is 0 Å². The van der Waals surface area contributed by atoms with E-state index in [9.17, 15) is 27.6 Å². The van der Waals surface area contributed by atoms with Crippen LogP contribution in [0.15, 0.2) is 24.3 Å². The van der Waals surface area contributed by atoms with Crippen LogP contribution in [0.2, 0.25) is 0 Å². The van der Waals surface area contributed by atoms with Crippen molar-refractivity contribution in [3.8, 4) is 0 Å². The van der Waals surface area contributed by atoms with Gasteiger partial charge in [0.15, 0.2) is 0 Å². The summed E-state index contributed by atoms with van der Waals surface area (Å²) < 4.78 is 38.4. The Labute approximate surface area is 175 Å². The van der Waals surface area contributed by atoms with Crippen LogP contribution in [0.5, 0.6) is 0 Å². The van der Waals surface area contributed by atoms with Crippen LogP contribution >= 0.6 is 31.9 Å². The van der Waals surface area contributed by atoms with Gasteiger partial charge in [0.25, 0.3) is 0 Å². The Kier molecular flexibility index (Phi) is 4.85. The predicted octanol–water partition coefficient (Wildman–Crippen LogP) is 3.42. The van der Waals surface area contributed by atoms with E-state index in [0.717, 1.165) is 23.5 Å². The zero-order chi connectivity index (χ0) is 20.4. The summed E-state index contributed by atoms with van der Waals surface area (Å²) in [5.41, 5.74) is -0.934. The van der Waals surface area contributed by atoms with Crippen molar-refractivity contribution in [2.45, 2.75) is 22.3 Å². The molecule has 2 bridgehead atoms. The lowest BCUT2D eigenvalue weighted by atomic mass is 9.81. The van der Waals surface area contributed by atoms with Crippen molar-refractivity contribution < 1.29 is 27.6 Å². The van der Waals surface area contributed by atoms with E-state index in [1.165, 1.54) is 12.1 Å². The van der Waals surface area contributed by atoms with E-state index in [-0.39, 0.29) is 39.0 Å². The molecule has 0 aromatic heterocycles. The number of fused-ring (bicyclic) bond motifs is 5. The lowest BCUT2D eigenvalue weighted by Crippen LogP contribution is -2.39. The zero-order valence-corrected chi connectivity index (χ0v) is 17.4.